The normalized spacial score (nSPS) is 16.2. The van der Waals surface area contributed by atoms with Crippen molar-refractivity contribution >= 4 is 28.7 Å². The summed E-state index contributed by atoms with van der Waals surface area (Å²) in [6.45, 7) is 9.26. The third-order valence-electron chi connectivity index (χ3n) is 5.73. The zero-order valence-corrected chi connectivity index (χ0v) is 19.7. The predicted octanol–water partition coefficient (Wildman–Crippen LogP) is 4.39. The van der Waals surface area contributed by atoms with E-state index in [0.29, 0.717) is 35.3 Å². The average molecular weight is 477 g/mol. The first-order valence-electron chi connectivity index (χ1n) is 11.4. The lowest BCUT2D eigenvalue weighted by molar-refractivity contribution is -0.137. The molecule has 0 amide bonds. The van der Waals surface area contributed by atoms with Gasteiger partial charge in [0.1, 0.15) is 5.52 Å². The second-order valence-corrected chi connectivity index (χ2v) is 9.65. The van der Waals surface area contributed by atoms with Crippen LogP contribution in [0.5, 0.6) is 0 Å². The van der Waals surface area contributed by atoms with Crippen LogP contribution in [0.25, 0.3) is 11.2 Å². The Bertz CT molecular complexity index is 1130. The number of nitrogens with one attached hydrogen (secondary N) is 2. The minimum Gasteiger partial charge on any atom is -0.350 e. The largest absolute Gasteiger partial charge is 0.416 e. The maximum absolute atomic E-state index is 13.2. The number of hydrogen-bond donors (Lipinski definition) is 3. The number of likely N-dealkylation sites (tertiary alicyclic amines) is 1. The van der Waals surface area contributed by atoms with Gasteiger partial charge in [0.2, 0.25) is 11.9 Å². The Hall–Kier alpha value is -2.92. The number of imidazole rings is 1. The third-order valence-corrected chi connectivity index (χ3v) is 5.73. The number of nitrogens with zero attached hydrogens (tertiary/aromatic N) is 5. The molecular formula is C23H31F3N8. The molecule has 0 bridgehead atoms. The number of anilines is 3. The Morgan fingerprint density at radius 3 is 2.50 bits per heavy atom. The van der Waals surface area contributed by atoms with Gasteiger partial charge in [-0.25, -0.2) is 9.97 Å². The van der Waals surface area contributed by atoms with E-state index >= 15 is 0 Å². The Kier molecular flexibility index (Phi) is 6.68. The quantitative estimate of drug-likeness (QED) is 0.485. The standard InChI is InChI=1S/C23H31F3N8/c1-22(2,3)32-20-28-14-18-19(31-20)34(17-7-10-33(11-8-17)12-9-27)21(30-18)29-16-6-4-5-15(13-16)23(24,25)26/h4-6,13-14,17H,7-12,27H2,1-3H3,(H,29,30)(H,28,31,32). The summed E-state index contributed by atoms with van der Waals surface area (Å²) in [5, 5.41) is 6.39. The summed E-state index contributed by atoms with van der Waals surface area (Å²) < 4.78 is 41.7. The van der Waals surface area contributed by atoms with Crippen molar-refractivity contribution in [2.45, 2.75) is 51.4 Å². The molecule has 3 aromatic rings. The molecule has 8 nitrogen and oxygen atoms in total. The minimum absolute atomic E-state index is 0.0877. The number of halogens is 3. The van der Waals surface area contributed by atoms with Gasteiger partial charge >= 0.3 is 6.18 Å². The molecule has 11 heteroatoms. The number of hydrogen-bond acceptors (Lipinski definition) is 7. The van der Waals surface area contributed by atoms with Crippen LogP contribution in [0.4, 0.5) is 30.8 Å². The molecule has 4 N–H and O–H groups in total. The van der Waals surface area contributed by atoms with Crippen molar-refractivity contribution in [2.24, 2.45) is 5.73 Å². The Morgan fingerprint density at radius 1 is 1.12 bits per heavy atom. The third kappa shape index (κ3) is 5.58. The summed E-state index contributed by atoms with van der Waals surface area (Å²) in [5.41, 5.74) is 6.31. The van der Waals surface area contributed by atoms with Crippen molar-refractivity contribution in [3.8, 4) is 0 Å². The molecule has 2 aromatic heterocycles. The SMILES string of the molecule is CC(C)(C)Nc1ncc2nc(Nc3cccc(C(F)(F)F)c3)n(C3CCN(CCN)CC3)c2n1. The minimum atomic E-state index is -4.42. The number of rotatable bonds is 6. The molecule has 4 rings (SSSR count). The molecule has 0 saturated carbocycles. The molecule has 1 fully saturated rings. The van der Waals surface area contributed by atoms with Gasteiger partial charge in [-0.05, 0) is 51.8 Å². The zero-order chi connectivity index (χ0) is 24.5. The van der Waals surface area contributed by atoms with Gasteiger partial charge in [-0.15, -0.1) is 0 Å². The molecule has 34 heavy (non-hydrogen) atoms. The number of nitrogens with two attached hydrogens (primary N) is 1. The summed E-state index contributed by atoms with van der Waals surface area (Å²) in [6, 6.07) is 5.21. The fourth-order valence-electron chi connectivity index (χ4n) is 4.21. The molecular weight excluding hydrogens is 445 g/mol. The van der Waals surface area contributed by atoms with Gasteiger partial charge in [0.15, 0.2) is 5.65 Å². The fraction of sp³-hybridized carbons (Fsp3) is 0.522. The number of alkyl halides is 3. The summed E-state index contributed by atoms with van der Waals surface area (Å²) >= 11 is 0. The van der Waals surface area contributed by atoms with E-state index in [1.54, 1.807) is 12.3 Å². The summed E-state index contributed by atoms with van der Waals surface area (Å²) in [5.74, 6) is 0.932. The van der Waals surface area contributed by atoms with E-state index in [2.05, 4.69) is 25.5 Å². The van der Waals surface area contributed by atoms with E-state index < -0.39 is 11.7 Å². The Balaban J connectivity index is 1.72. The van der Waals surface area contributed by atoms with Crippen molar-refractivity contribution in [1.82, 2.24) is 24.4 Å². The summed E-state index contributed by atoms with van der Waals surface area (Å²) in [4.78, 5) is 16.1. The number of piperidine rings is 1. The molecule has 3 heterocycles. The van der Waals surface area contributed by atoms with Crippen LogP contribution in [0, 0.1) is 0 Å². The lowest BCUT2D eigenvalue weighted by Crippen LogP contribution is -2.37. The van der Waals surface area contributed by atoms with E-state index in [4.69, 9.17) is 10.7 Å². The highest BCUT2D eigenvalue weighted by molar-refractivity contribution is 5.76. The Morgan fingerprint density at radius 2 is 1.85 bits per heavy atom. The molecule has 0 radical (unpaired) electrons. The van der Waals surface area contributed by atoms with Crippen LogP contribution in [0.15, 0.2) is 30.5 Å². The highest BCUT2D eigenvalue weighted by atomic mass is 19.4. The predicted molar refractivity (Wildman–Crippen MR) is 127 cm³/mol. The molecule has 1 aliphatic heterocycles. The topological polar surface area (TPSA) is 96.9 Å². The van der Waals surface area contributed by atoms with Crippen molar-refractivity contribution < 1.29 is 13.2 Å². The van der Waals surface area contributed by atoms with Gasteiger partial charge in [-0.3, -0.25) is 4.57 Å². The molecule has 1 saturated heterocycles. The van der Waals surface area contributed by atoms with Crippen LogP contribution in [0.3, 0.4) is 0 Å². The molecule has 0 unspecified atom stereocenters. The maximum Gasteiger partial charge on any atom is 0.416 e. The molecule has 0 aliphatic carbocycles. The monoisotopic (exact) mass is 476 g/mol. The second kappa shape index (κ2) is 9.38. The van der Waals surface area contributed by atoms with Crippen molar-refractivity contribution in [1.29, 1.82) is 0 Å². The van der Waals surface area contributed by atoms with Crippen LogP contribution in [0.2, 0.25) is 0 Å². The average Bonchev–Trinajstić information content (AvgIpc) is 3.10. The molecule has 1 aliphatic rings. The van der Waals surface area contributed by atoms with Crippen LogP contribution < -0.4 is 16.4 Å². The van der Waals surface area contributed by atoms with Crippen molar-refractivity contribution in [3.05, 3.63) is 36.0 Å². The second-order valence-electron chi connectivity index (χ2n) is 9.65. The van der Waals surface area contributed by atoms with E-state index in [-0.39, 0.29) is 11.6 Å². The van der Waals surface area contributed by atoms with Crippen LogP contribution >= 0.6 is 0 Å². The molecule has 0 atom stereocenters. The van der Waals surface area contributed by atoms with Gasteiger partial charge in [0, 0.05) is 43.4 Å². The van der Waals surface area contributed by atoms with Gasteiger partial charge in [-0.1, -0.05) is 6.07 Å². The van der Waals surface area contributed by atoms with E-state index in [1.807, 2.05) is 25.3 Å². The first-order chi connectivity index (χ1) is 16.0. The summed E-state index contributed by atoms with van der Waals surface area (Å²) in [7, 11) is 0. The van der Waals surface area contributed by atoms with Gasteiger partial charge in [0.25, 0.3) is 0 Å². The molecule has 0 spiro atoms. The molecule has 1 aromatic carbocycles. The zero-order valence-electron chi connectivity index (χ0n) is 19.7. The smallest absolute Gasteiger partial charge is 0.350 e. The van der Waals surface area contributed by atoms with E-state index in [9.17, 15) is 13.2 Å². The Labute approximate surface area is 196 Å². The highest BCUT2D eigenvalue weighted by Crippen LogP contribution is 2.34. The first-order valence-corrected chi connectivity index (χ1v) is 11.4. The van der Waals surface area contributed by atoms with Gasteiger partial charge in [0.05, 0.1) is 11.8 Å². The fourth-order valence-corrected chi connectivity index (χ4v) is 4.21. The lowest BCUT2D eigenvalue weighted by Gasteiger charge is -2.33. The van der Waals surface area contributed by atoms with Gasteiger partial charge < -0.3 is 21.3 Å². The van der Waals surface area contributed by atoms with Crippen LogP contribution in [0.1, 0.15) is 45.2 Å². The lowest BCUT2D eigenvalue weighted by atomic mass is 10.0. The molecule has 184 valence electrons. The van der Waals surface area contributed by atoms with Crippen molar-refractivity contribution in [2.75, 3.05) is 36.8 Å². The van der Waals surface area contributed by atoms with Gasteiger partial charge in [-0.2, -0.15) is 18.2 Å². The number of fused-ring (bicyclic) bond motifs is 1. The number of aromatic nitrogens is 4. The van der Waals surface area contributed by atoms with Crippen molar-refractivity contribution in [3.63, 3.8) is 0 Å². The number of benzene rings is 1. The van der Waals surface area contributed by atoms with E-state index in [0.717, 1.165) is 44.6 Å². The first kappa shape index (κ1) is 24.2. The maximum atomic E-state index is 13.2. The van der Waals surface area contributed by atoms with Crippen LogP contribution in [-0.4, -0.2) is 56.1 Å². The van der Waals surface area contributed by atoms with E-state index in [1.165, 1.54) is 6.07 Å². The summed E-state index contributed by atoms with van der Waals surface area (Å²) in [6.07, 6.45) is -1.07. The highest BCUT2D eigenvalue weighted by Gasteiger charge is 2.31. The van der Waals surface area contributed by atoms with Crippen LogP contribution in [-0.2, 0) is 6.18 Å².